The number of ether oxygens (including phenoxy) is 2. The fraction of sp³-hybridized carbons (Fsp3) is 0.371. The Hall–Kier alpha value is -4.10. The zero-order valence-corrected chi connectivity index (χ0v) is 29.1. The molecule has 2 aliphatic heterocycles. The molecule has 252 valence electrons. The second-order valence-corrected chi connectivity index (χ2v) is 17.2. The summed E-state index contributed by atoms with van der Waals surface area (Å²) in [5.74, 6) is -0.358. The number of methoxy groups -OCH3 is 1. The minimum atomic E-state index is -3.36. The highest BCUT2D eigenvalue weighted by Gasteiger charge is 2.66. The van der Waals surface area contributed by atoms with Gasteiger partial charge in [-0.05, 0) is 79.7 Å². The number of anilines is 2. The lowest BCUT2D eigenvalue weighted by molar-refractivity contribution is -0.146. The van der Waals surface area contributed by atoms with Gasteiger partial charge in [0.05, 0.1) is 31.1 Å². The number of nitrogens with one attached hydrogen (secondary N) is 1. The van der Waals surface area contributed by atoms with Gasteiger partial charge in [-0.25, -0.2) is 0 Å². The molecule has 10 nitrogen and oxygen atoms in total. The van der Waals surface area contributed by atoms with Gasteiger partial charge < -0.3 is 28.9 Å². The number of nitrogens with zero attached hydrogens (tertiary/aromatic N) is 4. The predicted octanol–water partition coefficient (Wildman–Crippen LogP) is 6.14. The number of amides is 2. The van der Waals surface area contributed by atoms with Crippen LogP contribution in [0.25, 0.3) is 0 Å². The zero-order chi connectivity index (χ0) is 34.2. The van der Waals surface area contributed by atoms with E-state index in [2.05, 4.69) is 15.6 Å². The van der Waals surface area contributed by atoms with Crippen molar-refractivity contribution in [1.82, 2.24) is 15.0 Å². The van der Waals surface area contributed by atoms with Crippen LogP contribution in [0.5, 0.6) is 5.75 Å². The molecule has 0 unspecified atom stereocenters. The van der Waals surface area contributed by atoms with E-state index in [4.69, 9.17) is 21.1 Å². The summed E-state index contributed by atoms with van der Waals surface area (Å²) in [6.45, 7) is 5.84. The lowest BCUT2D eigenvalue weighted by Gasteiger charge is -2.31. The summed E-state index contributed by atoms with van der Waals surface area (Å²) < 4.78 is 29.9. The lowest BCUT2D eigenvalue weighted by Crippen LogP contribution is -2.45. The first-order chi connectivity index (χ1) is 22.9. The van der Waals surface area contributed by atoms with Crippen molar-refractivity contribution in [3.63, 3.8) is 0 Å². The van der Waals surface area contributed by atoms with Gasteiger partial charge in [-0.15, -0.1) is 5.10 Å². The molecule has 6 rings (SSSR count). The minimum Gasteiger partial charge on any atom is -0.497 e. The smallest absolute Gasteiger partial charge is 0.264 e. The van der Waals surface area contributed by atoms with Gasteiger partial charge in [-0.2, -0.15) is 0 Å². The Morgan fingerprint density at radius 3 is 2.65 bits per heavy atom. The first kappa shape index (κ1) is 33.8. The number of carbonyl (C=O) groups is 2. The average molecular weight is 692 g/mol. The van der Waals surface area contributed by atoms with Crippen LogP contribution < -0.4 is 15.0 Å². The number of carbonyl (C=O) groups excluding carboxylic acids is 2. The number of benzene rings is 3. The number of hydrogen-bond acceptors (Lipinski definition) is 7. The Balaban J connectivity index is 1.27. The van der Waals surface area contributed by atoms with Gasteiger partial charge in [0.15, 0.2) is 5.60 Å². The minimum absolute atomic E-state index is 0.0304. The summed E-state index contributed by atoms with van der Waals surface area (Å²) in [5, 5.41) is 20.9. The summed E-state index contributed by atoms with van der Waals surface area (Å²) in [7, 11) is -1.79. The van der Waals surface area contributed by atoms with Crippen molar-refractivity contribution in [2.75, 3.05) is 23.9 Å². The third kappa shape index (κ3) is 6.37. The van der Waals surface area contributed by atoms with Gasteiger partial charge >= 0.3 is 0 Å². The Kier molecular flexibility index (Phi) is 9.45. The highest BCUT2D eigenvalue weighted by Crippen LogP contribution is 2.60. The van der Waals surface area contributed by atoms with E-state index in [0.29, 0.717) is 58.4 Å². The van der Waals surface area contributed by atoms with Gasteiger partial charge in [0, 0.05) is 59.1 Å². The molecule has 1 spiro atoms. The molecule has 3 heterocycles. The van der Waals surface area contributed by atoms with E-state index in [1.807, 2.05) is 31.2 Å². The maximum Gasteiger partial charge on any atom is 0.264 e. The van der Waals surface area contributed by atoms with E-state index in [9.17, 15) is 14.7 Å². The van der Waals surface area contributed by atoms with Gasteiger partial charge in [-0.3, -0.25) is 14.3 Å². The predicted molar refractivity (Wildman–Crippen MR) is 184 cm³/mol. The number of fused-ring (bicyclic) bond motifs is 2. The Labute approximate surface area is 285 Å². The number of aliphatic hydroxyl groups excluding tert-OH is 1. The number of aliphatic hydroxyl groups is 1. The number of aryl methyl sites for hydroxylation is 1. The highest BCUT2D eigenvalue weighted by molar-refractivity contribution is 6.72. The third-order valence-electron chi connectivity index (χ3n) is 9.40. The second-order valence-electron chi connectivity index (χ2n) is 12.9. The van der Waals surface area contributed by atoms with Crippen molar-refractivity contribution in [3.8, 4) is 5.75 Å². The zero-order valence-electron chi connectivity index (χ0n) is 27.3. The Morgan fingerprint density at radius 1 is 1.17 bits per heavy atom. The first-order valence-corrected chi connectivity index (χ1v) is 19.3. The van der Waals surface area contributed by atoms with Gasteiger partial charge in [0.1, 0.15) is 5.75 Å². The van der Waals surface area contributed by atoms with Crippen molar-refractivity contribution < 1.29 is 28.3 Å². The van der Waals surface area contributed by atoms with Crippen molar-refractivity contribution in [1.29, 1.82) is 0 Å². The molecule has 3 aromatic carbocycles. The van der Waals surface area contributed by atoms with Crippen LogP contribution in [0.1, 0.15) is 40.5 Å². The molecule has 2 N–H and O–H groups in total. The van der Waals surface area contributed by atoms with Crippen molar-refractivity contribution in [2.24, 2.45) is 5.92 Å². The Bertz CT molecular complexity index is 1820. The molecular weight excluding hydrogens is 653 g/mol. The fourth-order valence-corrected chi connectivity index (χ4v) is 9.97. The number of aromatic nitrogens is 3. The van der Waals surface area contributed by atoms with Crippen LogP contribution in [0.2, 0.25) is 23.7 Å². The molecule has 13 heteroatoms. The van der Waals surface area contributed by atoms with Crippen LogP contribution in [0.4, 0.5) is 15.5 Å². The van der Waals surface area contributed by atoms with Crippen LogP contribution in [0.3, 0.4) is 0 Å². The standard InChI is InChI=1S/C35H39ClFN5O5Si/c1-22-32(48(3,4)37)31(14-16-41-21-27(15-17-43)39-40-41)47-35(22)29-19-25(36)10-13-30(29)42(34(35)45)20-23-6-5-7-26(18-23)38-33(44)24-8-11-28(46-2)12-9-24/h5-13,18-19,21-22,31-32,43H,14-17,20H2,1-4H3,(H,38,44)/t22-,31+,32-,35+/m1/s1. The maximum atomic E-state index is 16.2. The number of hydrogen-bond donors (Lipinski definition) is 2. The summed E-state index contributed by atoms with van der Waals surface area (Å²) >= 11 is 6.52. The molecule has 4 atom stereocenters. The molecule has 0 saturated carbocycles. The SMILES string of the molecule is COc1ccc(C(=O)Nc2cccc(CN3C(=O)[C@@]4(O[C@@H](CCn5cc(CCO)nn5)[C@H]([Si](C)(C)F)[C@H]4C)c4cc(Cl)ccc43)c2)cc1. The molecule has 1 aromatic heterocycles. The van der Waals surface area contributed by atoms with E-state index in [0.717, 1.165) is 5.56 Å². The second kappa shape index (κ2) is 13.4. The first-order valence-electron chi connectivity index (χ1n) is 16.0. The van der Waals surface area contributed by atoms with Crippen molar-refractivity contribution in [2.45, 2.75) is 63.2 Å². The topological polar surface area (TPSA) is 119 Å². The molecule has 1 fully saturated rings. The molecule has 2 amide bonds. The average Bonchev–Trinajstić information content (AvgIpc) is 3.70. The molecule has 48 heavy (non-hydrogen) atoms. The molecule has 2 aliphatic rings. The third-order valence-corrected chi connectivity index (χ3v) is 12.1. The summed E-state index contributed by atoms with van der Waals surface area (Å²) in [5.41, 5.74) is 1.91. The molecule has 0 bridgehead atoms. The summed E-state index contributed by atoms with van der Waals surface area (Å²) in [6.07, 6.45) is 2.04. The van der Waals surface area contributed by atoms with E-state index < -0.39 is 31.6 Å². The van der Waals surface area contributed by atoms with Crippen LogP contribution in [-0.4, -0.2) is 60.1 Å². The van der Waals surface area contributed by atoms with Crippen molar-refractivity contribution >= 4 is 43.2 Å². The monoisotopic (exact) mass is 691 g/mol. The van der Waals surface area contributed by atoms with E-state index in [1.54, 1.807) is 78.4 Å². The highest BCUT2D eigenvalue weighted by atomic mass is 35.5. The van der Waals surface area contributed by atoms with Crippen LogP contribution >= 0.6 is 11.6 Å². The van der Waals surface area contributed by atoms with Crippen LogP contribution in [0, 0.1) is 5.92 Å². The molecule has 0 radical (unpaired) electrons. The van der Waals surface area contributed by atoms with Crippen molar-refractivity contribution in [3.05, 3.63) is 100 Å². The maximum absolute atomic E-state index is 16.2. The largest absolute Gasteiger partial charge is 0.497 e. The fourth-order valence-electron chi connectivity index (χ4n) is 7.26. The lowest BCUT2D eigenvalue weighted by atomic mass is 9.82. The summed E-state index contributed by atoms with van der Waals surface area (Å²) in [6, 6.07) is 19.5. The van der Waals surface area contributed by atoms with E-state index in [-0.39, 0.29) is 25.0 Å². The Morgan fingerprint density at radius 2 is 1.94 bits per heavy atom. The van der Waals surface area contributed by atoms with Gasteiger partial charge in [-0.1, -0.05) is 35.9 Å². The summed E-state index contributed by atoms with van der Waals surface area (Å²) in [4.78, 5) is 29.3. The number of rotatable bonds is 11. The van der Waals surface area contributed by atoms with Gasteiger partial charge in [0.25, 0.3) is 11.8 Å². The van der Waals surface area contributed by atoms with E-state index in [1.165, 1.54) is 0 Å². The van der Waals surface area contributed by atoms with Crippen LogP contribution in [0.15, 0.2) is 72.9 Å². The molecule has 1 saturated heterocycles. The van der Waals surface area contributed by atoms with Crippen LogP contribution in [-0.2, 0) is 34.6 Å². The normalized spacial score (nSPS) is 21.9. The quantitative estimate of drug-likeness (QED) is 0.143. The molecule has 0 aliphatic carbocycles. The molecular formula is C35H39ClFN5O5Si. The molecule has 4 aromatic rings. The number of halogens is 2. The van der Waals surface area contributed by atoms with Gasteiger partial charge in [0.2, 0.25) is 8.41 Å². The van der Waals surface area contributed by atoms with E-state index >= 15 is 4.11 Å².